The molecule has 3 rings (SSSR count). The first-order chi connectivity index (χ1) is 9.11. The summed E-state index contributed by atoms with van der Waals surface area (Å²) in [6.45, 7) is 1.44. The van der Waals surface area contributed by atoms with Crippen LogP contribution in [0, 0.1) is 29.1 Å². The number of amides is 2. The van der Waals surface area contributed by atoms with Crippen molar-refractivity contribution in [3.8, 4) is 6.07 Å². The first-order valence-electron chi connectivity index (χ1n) is 6.79. The van der Waals surface area contributed by atoms with Crippen molar-refractivity contribution in [2.75, 3.05) is 19.6 Å². The number of nitriles is 1. The van der Waals surface area contributed by atoms with Crippen molar-refractivity contribution in [3.05, 3.63) is 0 Å². The van der Waals surface area contributed by atoms with Gasteiger partial charge in [0.1, 0.15) is 6.04 Å². The van der Waals surface area contributed by atoms with Crippen molar-refractivity contribution in [1.82, 2.24) is 9.80 Å². The lowest BCUT2D eigenvalue weighted by Gasteiger charge is -2.39. The van der Waals surface area contributed by atoms with E-state index in [1.165, 1.54) is 4.90 Å². The molecule has 0 aromatic rings. The number of nitrogens with zero attached hydrogens (tertiary/aromatic N) is 3. The largest absolute Gasteiger partial charge is 0.480 e. The van der Waals surface area contributed by atoms with Gasteiger partial charge in [0.25, 0.3) is 0 Å². The van der Waals surface area contributed by atoms with Crippen molar-refractivity contribution in [1.29, 1.82) is 5.26 Å². The third-order valence-electron chi connectivity index (χ3n) is 4.72. The van der Waals surface area contributed by atoms with E-state index in [1.54, 1.807) is 4.90 Å². The van der Waals surface area contributed by atoms with Gasteiger partial charge in [-0.25, -0.2) is 9.59 Å². The van der Waals surface area contributed by atoms with E-state index in [9.17, 15) is 14.7 Å². The van der Waals surface area contributed by atoms with E-state index in [0.717, 1.165) is 19.3 Å². The molecule has 3 fully saturated rings. The average molecular weight is 263 g/mol. The second kappa shape index (κ2) is 4.41. The van der Waals surface area contributed by atoms with Crippen molar-refractivity contribution in [2.24, 2.45) is 17.8 Å². The number of carboxylic acids is 1. The highest BCUT2D eigenvalue weighted by atomic mass is 16.4. The fourth-order valence-electron chi connectivity index (χ4n) is 3.72. The molecule has 2 heterocycles. The van der Waals surface area contributed by atoms with Crippen LogP contribution in [0.3, 0.4) is 0 Å². The Labute approximate surface area is 111 Å². The molecule has 0 unspecified atom stereocenters. The van der Waals surface area contributed by atoms with Gasteiger partial charge in [-0.1, -0.05) is 6.42 Å². The van der Waals surface area contributed by atoms with E-state index < -0.39 is 12.0 Å². The Morgan fingerprint density at radius 2 is 1.95 bits per heavy atom. The van der Waals surface area contributed by atoms with Crippen LogP contribution in [0.4, 0.5) is 4.79 Å². The molecule has 0 aromatic heterocycles. The van der Waals surface area contributed by atoms with Crippen LogP contribution in [0.15, 0.2) is 0 Å². The van der Waals surface area contributed by atoms with E-state index in [0.29, 0.717) is 25.6 Å². The zero-order valence-corrected chi connectivity index (χ0v) is 10.7. The summed E-state index contributed by atoms with van der Waals surface area (Å²) in [5, 5.41) is 18.1. The van der Waals surface area contributed by atoms with E-state index in [1.807, 2.05) is 0 Å². The first-order valence-corrected chi connectivity index (χ1v) is 6.79. The predicted octanol–water partition coefficient (Wildman–Crippen LogP) is 0.747. The summed E-state index contributed by atoms with van der Waals surface area (Å²) in [6.07, 6.45) is 3.01. The molecule has 1 N–H and O–H groups in total. The second-order valence-electron chi connectivity index (χ2n) is 5.80. The Hall–Kier alpha value is -1.77. The van der Waals surface area contributed by atoms with Crippen LogP contribution in [0.2, 0.25) is 0 Å². The maximum absolute atomic E-state index is 12.3. The van der Waals surface area contributed by atoms with Gasteiger partial charge in [0.2, 0.25) is 0 Å². The number of likely N-dealkylation sites (tertiary alicyclic amines) is 2. The van der Waals surface area contributed by atoms with E-state index in [4.69, 9.17) is 5.26 Å². The Morgan fingerprint density at radius 3 is 2.58 bits per heavy atom. The second-order valence-corrected chi connectivity index (χ2v) is 5.80. The van der Waals surface area contributed by atoms with Crippen LogP contribution < -0.4 is 0 Å². The standard InChI is InChI=1S/C13H17N3O3/c14-4-8-5-15(6-8)13(19)16-7-9-2-1-3-10(9)11(16)12(17)18/h8-11H,1-3,5-7H2,(H,17,18)/t9-,10-,11+/m1/s1. The van der Waals surface area contributed by atoms with Crippen molar-refractivity contribution < 1.29 is 14.7 Å². The Bertz CT molecular complexity index is 453. The molecule has 0 radical (unpaired) electrons. The minimum absolute atomic E-state index is 0.0886. The molecule has 19 heavy (non-hydrogen) atoms. The SMILES string of the molecule is N#CC1CN(C(=O)N2C[C@H]3CCC[C@H]3[C@H]2C(=O)O)C1. The number of carbonyl (C=O) groups is 2. The number of carbonyl (C=O) groups excluding carboxylic acids is 1. The molecule has 102 valence electrons. The van der Waals surface area contributed by atoms with Gasteiger partial charge in [0, 0.05) is 19.6 Å². The monoisotopic (exact) mass is 263 g/mol. The van der Waals surface area contributed by atoms with Crippen LogP contribution in [0.25, 0.3) is 0 Å². The van der Waals surface area contributed by atoms with Crippen molar-refractivity contribution >= 4 is 12.0 Å². The Balaban J connectivity index is 1.72. The molecule has 3 atom stereocenters. The zero-order valence-electron chi connectivity index (χ0n) is 10.7. The van der Waals surface area contributed by atoms with Gasteiger partial charge in [-0.3, -0.25) is 0 Å². The van der Waals surface area contributed by atoms with Gasteiger partial charge in [0.05, 0.1) is 12.0 Å². The number of carboxylic acid groups (broad SMARTS) is 1. The molecular formula is C13H17N3O3. The van der Waals surface area contributed by atoms with Crippen molar-refractivity contribution in [2.45, 2.75) is 25.3 Å². The number of rotatable bonds is 1. The fourth-order valence-corrected chi connectivity index (χ4v) is 3.72. The van der Waals surface area contributed by atoms with Crippen LogP contribution in [0.5, 0.6) is 0 Å². The third-order valence-corrected chi connectivity index (χ3v) is 4.72. The summed E-state index contributed by atoms with van der Waals surface area (Å²) in [7, 11) is 0. The quantitative estimate of drug-likeness (QED) is 0.756. The smallest absolute Gasteiger partial charge is 0.326 e. The van der Waals surface area contributed by atoms with Crippen LogP contribution in [-0.4, -0.2) is 52.6 Å². The van der Waals surface area contributed by atoms with Gasteiger partial charge in [-0.15, -0.1) is 0 Å². The molecule has 3 aliphatic rings. The van der Waals surface area contributed by atoms with E-state index >= 15 is 0 Å². The lowest BCUT2D eigenvalue weighted by atomic mass is 9.94. The molecule has 0 aromatic carbocycles. The predicted molar refractivity (Wildman–Crippen MR) is 65.0 cm³/mol. The summed E-state index contributed by atoms with van der Waals surface area (Å²) < 4.78 is 0. The van der Waals surface area contributed by atoms with Gasteiger partial charge >= 0.3 is 12.0 Å². The summed E-state index contributed by atoms with van der Waals surface area (Å²) >= 11 is 0. The minimum Gasteiger partial charge on any atom is -0.480 e. The number of hydrogen-bond acceptors (Lipinski definition) is 3. The van der Waals surface area contributed by atoms with Gasteiger partial charge in [0.15, 0.2) is 0 Å². The molecule has 0 bridgehead atoms. The Morgan fingerprint density at radius 1 is 1.21 bits per heavy atom. The van der Waals surface area contributed by atoms with Gasteiger partial charge in [-0.2, -0.15) is 5.26 Å². The third kappa shape index (κ3) is 1.84. The lowest BCUT2D eigenvalue weighted by molar-refractivity contribution is -0.142. The maximum atomic E-state index is 12.3. The van der Waals surface area contributed by atoms with Gasteiger partial charge in [-0.05, 0) is 24.7 Å². The fraction of sp³-hybridized carbons (Fsp3) is 0.769. The summed E-state index contributed by atoms with van der Waals surface area (Å²) in [5.41, 5.74) is 0. The highest BCUT2D eigenvalue weighted by Crippen LogP contribution is 2.42. The highest BCUT2D eigenvalue weighted by molar-refractivity contribution is 5.84. The molecule has 2 saturated heterocycles. The van der Waals surface area contributed by atoms with Crippen LogP contribution in [-0.2, 0) is 4.79 Å². The molecule has 1 saturated carbocycles. The minimum atomic E-state index is -0.889. The number of hydrogen-bond donors (Lipinski definition) is 1. The molecular weight excluding hydrogens is 246 g/mol. The number of urea groups is 1. The molecule has 2 aliphatic heterocycles. The summed E-state index contributed by atoms with van der Waals surface area (Å²) in [5.74, 6) is -0.512. The number of aliphatic carboxylic acids is 1. The number of fused-ring (bicyclic) bond motifs is 1. The van der Waals surface area contributed by atoms with Crippen LogP contribution >= 0.6 is 0 Å². The summed E-state index contributed by atoms with van der Waals surface area (Å²) in [6, 6.07) is 1.26. The molecule has 6 nitrogen and oxygen atoms in total. The molecule has 0 spiro atoms. The Kier molecular flexibility index (Phi) is 2.85. The van der Waals surface area contributed by atoms with Crippen LogP contribution in [0.1, 0.15) is 19.3 Å². The van der Waals surface area contributed by atoms with Crippen molar-refractivity contribution in [3.63, 3.8) is 0 Å². The highest BCUT2D eigenvalue weighted by Gasteiger charge is 2.51. The first kappa shape index (κ1) is 12.3. The molecule has 2 amide bonds. The van der Waals surface area contributed by atoms with Gasteiger partial charge < -0.3 is 14.9 Å². The summed E-state index contributed by atoms with van der Waals surface area (Å²) in [4.78, 5) is 26.9. The zero-order chi connectivity index (χ0) is 13.6. The average Bonchev–Trinajstić information content (AvgIpc) is 2.85. The van der Waals surface area contributed by atoms with E-state index in [2.05, 4.69) is 6.07 Å². The topological polar surface area (TPSA) is 84.6 Å². The lowest BCUT2D eigenvalue weighted by Crippen LogP contribution is -2.57. The maximum Gasteiger partial charge on any atom is 0.326 e. The normalized spacial score (nSPS) is 33.7. The molecule has 6 heteroatoms. The van der Waals surface area contributed by atoms with E-state index in [-0.39, 0.29) is 17.9 Å². The molecule has 1 aliphatic carbocycles.